The molecule has 0 bridgehead atoms. The summed E-state index contributed by atoms with van der Waals surface area (Å²) in [7, 11) is 0. The molecule has 5 heteroatoms. The normalized spacial score (nSPS) is 9.50. The maximum absolute atomic E-state index is 8.62. The fourth-order valence-corrected chi connectivity index (χ4v) is 1.03. The van der Waals surface area contributed by atoms with Gasteiger partial charge in [0.15, 0.2) is 0 Å². The third-order valence-corrected chi connectivity index (χ3v) is 1.82. The first-order chi connectivity index (χ1) is 3.72. The van der Waals surface area contributed by atoms with E-state index in [1.165, 1.54) is 5.38 Å². The number of hydrogen-bond acceptors (Lipinski definition) is 4. The molecule has 1 rings (SSSR count). The smallest absolute Gasteiger partial charge is 0.237 e. The molecule has 1 heterocycles. The fourth-order valence-electron chi connectivity index (χ4n) is 0.296. The van der Waals surface area contributed by atoms with Crippen LogP contribution in [0.25, 0.3) is 0 Å². The van der Waals surface area contributed by atoms with E-state index in [0.717, 1.165) is 11.3 Å². The zero-order valence-electron chi connectivity index (χ0n) is 3.74. The second-order valence-corrected chi connectivity index (χ2v) is 2.67. The standard InChI is InChI=1S/C3H3NO2S2/c5-2-1-8-3(7)4(2)6/h1,5-6H. The van der Waals surface area contributed by atoms with Crippen molar-refractivity contribution in [3.05, 3.63) is 9.33 Å². The predicted molar refractivity (Wildman–Crippen MR) is 32.0 cm³/mol. The SMILES string of the molecule is Oc1csc(=S)n1O. The molecule has 44 valence electrons. The van der Waals surface area contributed by atoms with Crippen molar-refractivity contribution in [2.24, 2.45) is 0 Å². The summed E-state index contributed by atoms with van der Waals surface area (Å²) in [6.45, 7) is 0. The van der Waals surface area contributed by atoms with Gasteiger partial charge in [-0.25, -0.2) is 0 Å². The Bertz CT molecular complexity index is 238. The molecule has 0 aliphatic carbocycles. The van der Waals surface area contributed by atoms with E-state index in [4.69, 9.17) is 10.3 Å². The van der Waals surface area contributed by atoms with Gasteiger partial charge in [0.2, 0.25) is 9.83 Å². The van der Waals surface area contributed by atoms with Gasteiger partial charge in [0.05, 0.1) is 5.38 Å². The molecule has 0 spiro atoms. The molecule has 0 aliphatic heterocycles. The number of rotatable bonds is 0. The van der Waals surface area contributed by atoms with Crippen LogP contribution < -0.4 is 0 Å². The molecule has 0 saturated heterocycles. The van der Waals surface area contributed by atoms with E-state index in [1.54, 1.807) is 0 Å². The van der Waals surface area contributed by atoms with Gasteiger partial charge in [-0.2, -0.15) is 0 Å². The topological polar surface area (TPSA) is 45.4 Å². The molecule has 1 aromatic rings. The summed E-state index contributed by atoms with van der Waals surface area (Å²) in [5.74, 6) is -0.208. The average Bonchev–Trinajstić information content (AvgIpc) is 1.98. The van der Waals surface area contributed by atoms with Gasteiger partial charge >= 0.3 is 0 Å². The van der Waals surface area contributed by atoms with Crippen LogP contribution in [0.3, 0.4) is 0 Å². The largest absolute Gasteiger partial charge is 0.492 e. The number of thiazole rings is 1. The fraction of sp³-hybridized carbons (Fsp3) is 0. The lowest BCUT2D eigenvalue weighted by Crippen LogP contribution is -1.85. The van der Waals surface area contributed by atoms with Crippen molar-refractivity contribution in [2.75, 3.05) is 0 Å². The van der Waals surface area contributed by atoms with Crippen LogP contribution >= 0.6 is 23.6 Å². The van der Waals surface area contributed by atoms with Crippen LogP contribution in [0.4, 0.5) is 0 Å². The van der Waals surface area contributed by atoms with Crippen LogP contribution in [0.5, 0.6) is 5.88 Å². The van der Waals surface area contributed by atoms with Crippen LogP contribution in [-0.2, 0) is 0 Å². The highest BCUT2D eigenvalue weighted by atomic mass is 32.1. The Labute approximate surface area is 54.4 Å². The highest BCUT2D eigenvalue weighted by Crippen LogP contribution is 2.13. The average molecular weight is 149 g/mol. The Kier molecular flexibility index (Phi) is 1.22. The molecule has 0 fully saturated rings. The first-order valence-electron chi connectivity index (χ1n) is 1.80. The maximum Gasteiger partial charge on any atom is 0.237 e. The van der Waals surface area contributed by atoms with Crippen LogP contribution in [0.1, 0.15) is 0 Å². The van der Waals surface area contributed by atoms with Crippen molar-refractivity contribution in [3.63, 3.8) is 0 Å². The molecule has 0 atom stereocenters. The van der Waals surface area contributed by atoms with Gasteiger partial charge in [0.25, 0.3) is 0 Å². The predicted octanol–water partition coefficient (Wildman–Crippen LogP) is 1.22. The number of hydrogen-bond donors (Lipinski definition) is 2. The van der Waals surface area contributed by atoms with Gasteiger partial charge in [0.1, 0.15) is 0 Å². The van der Waals surface area contributed by atoms with Gasteiger partial charge in [-0.05, 0) is 12.2 Å². The van der Waals surface area contributed by atoms with Gasteiger partial charge in [0, 0.05) is 0 Å². The molecule has 8 heavy (non-hydrogen) atoms. The van der Waals surface area contributed by atoms with Crippen molar-refractivity contribution in [1.29, 1.82) is 0 Å². The minimum absolute atomic E-state index is 0.208. The lowest BCUT2D eigenvalue weighted by atomic mass is 10.9. The quantitative estimate of drug-likeness (QED) is 0.430. The third kappa shape index (κ3) is 0.696. The minimum atomic E-state index is -0.208. The van der Waals surface area contributed by atoms with Crippen molar-refractivity contribution in [1.82, 2.24) is 4.73 Å². The van der Waals surface area contributed by atoms with Gasteiger partial charge in [-0.15, -0.1) is 16.1 Å². The van der Waals surface area contributed by atoms with Crippen molar-refractivity contribution < 1.29 is 10.3 Å². The van der Waals surface area contributed by atoms with E-state index in [0.29, 0.717) is 4.73 Å². The lowest BCUT2D eigenvalue weighted by Gasteiger charge is -1.86. The highest BCUT2D eigenvalue weighted by molar-refractivity contribution is 7.73. The Morgan fingerprint density at radius 3 is 2.50 bits per heavy atom. The summed E-state index contributed by atoms with van der Waals surface area (Å²) in [5.41, 5.74) is 0. The van der Waals surface area contributed by atoms with E-state index in [-0.39, 0.29) is 9.83 Å². The number of aromatic hydroxyl groups is 1. The van der Waals surface area contributed by atoms with Crippen LogP contribution in [-0.4, -0.2) is 15.0 Å². The van der Waals surface area contributed by atoms with Crippen molar-refractivity contribution >= 4 is 23.6 Å². The molecule has 0 saturated carbocycles. The molecule has 0 amide bonds. The summed E-state index contributed by atoms with van der Waals surface area (Å²) in [6.07, 6.45) is 0. The van der Waals surface area contributed by atoms with Gasteiger partial charge in [-0.3, -0.25) is 0 Å². The van der Waals surface area contributed by atoms with Crippen LogP contribution in [0.2, 0.25) is 0 Å². The van der Waals surface area contributed by atoms with E-state index < -0.39 is 0 Å². The summed E-state index contributed by atoms with van der Waals surface area (Å²) in [5, 5.41) is 18.6. The second-order valence-electron chi connectivity index (χ2n) is 1.17. The zero-order chi connectivity index (χ0) is 6.15. The second kappa shape index (κ2) is 1.75. The molecular weight excluding hydrogens is 146 g/mol. The molecule has 0 radical (unpaired) electrons. The Balaban J connectivity index is 3.41. The first kappa shape index (κ1) is 5.58. The molecule has 0 aliphatic rings. The summed E-state index contributed by atoms with van der Waals surface area (Å²) >= 11 is 5.65. The molecular formula is C3H3NO2S2. The van der Waals surface area contributed by atoms with E-state index >= 15 is 0 Å². The van der Waals surface area contributed by atoms with E-state index in [2.05, 4.69) is 12.2 Å². The summed E-state index contributed by atoms with van der Waals surface area (Å²) in [6, 6.07) is 0. The summed E-state index contributed by atoms with van der Waals surface area (Å²) in [4.78, 5) is 0. The minimum Gasteiger partial charge on any atom is -0.492 e. The third-order valence-electron chi connectivity index (χ3n) is 0.655. The lowest BCUT2D eigenvalue weighted by molar-refractivity contribution is 0.154. The highest BCUT2D eigenvalue weighted by Gasteiger charge is 1.95. The molecule has 2 N–H and O–H groups in total. The van der Waals surface area contributed by atoms with Crippen molar-refractivity contribution in [3.8, 4) is 5.88 Å². The van der Waals surface area contributed by atoms with Gasteiger partial charge in [-0.1, -0.05) is 0 Å². The Morgan fingerprint density at radius 1 is 1.75 bits per heavy atom. The van der Waals surface area contributed by atoms with Crippen molar-refractivity contribution in [2.45, 2.75) is 0 Å². The van der Waals surface area contributed by atoms with Crippen LogP contribution in [0, 0.1) is 3.95 Å². The summed E-state index contributed by atoms with van der Waals surface area (Å²) < 4.78 is 0.808. The molecule has 0 unspecified atom stereocenters. The number of nitrogens with zero attached hydrogens (tertiary/aromatic N) is 1. The molecule has 0 aromatic carbocycles. The Hall–Kier alpha value is -0.550. The number of aromatic nitrogens is 1. The molecule has 1 aromatic heterocycles. The zero-order valence-corrected chi connectivity index (χ0v) is 5.37. The van der Waals surface area contributed by atoms with E-state index in [9.17, 15) is 0 Å². The van der Waals surface area contributed by atoms with Crippen LogP contribution in [0.15, 0.2) is 5.38 Å². The van der Waals surface area contributed by atoms with E-state index in [1.807, 2.05) is 0 Å². The molecule has 3 nitrogen and oxygen atoms in total. The Morgan fingerprint density at radius 2 is 2.38 bits per heavy atom. The van der Waals surface area contributed by atoms with Gasteiger partial charge < -0.3 is 10.3 Å². The maximum atomic E-state index is 8.62. The monoisotopic (exact) mass is 149 g/mol. The first-order valence-corrected chi connectivity index (χ1v) is 3.09.